The van der Waals surface area contributed by atoms with Gasteiger partial charge in [-0.3, -0.25) is 39.7 Å². The van der Waals surface area contributed by atoms with E-state index in [-0.39, 0.29) is 24.3 Å². The number of nitro benzene ring substituents is 1. The molecule has 0 bridgehead atoms. The summed E-state index contributed by atoms with van der Waals surface area (Å²) in [6, 6.07) is 6.73. The number of benzene rings is 1. The molecule has 0 spiro atoms. The largest absolute Gasteiger partial charge is 0.455 e. The lowest BCUT2D eigenvalue weighted by Gasteiger charge is -2.17. The van der Waals surface area contributed by atoms with Crippen molar-refractivity contribution >= 4 is 35.2 Å². The van der Waals surface area contributed by atoms with Crippen molar-refractivity contribution in [3.05, 3.63) is 51.8 Å². The summed E-state index contributed by atoms with van der Waals surface area (Å²) in [5.41, 5.74) is 1.61. The highest BCUT2D eigenvalue weighted by atomic mass is 16.6. The summed E-state index contributed by atoms with van der Waals surface area (Å²) in [5, 5.41) is 17.9. The van der Waals surface area contributed by atoms with Crippen molar-refractivity contribution in [1.82, 2.24) is 15.6 Å². The Hall–Kier alpha value is -4.29. The molecule has 1 atom stereocenters. The highest BCUT2D eigenvalue weighted by Crippen LogP contribution is 2.20. The first-order valence-electron chi connectivity index (χ1n) is 8.99. The van der Waals surface area contributed by atoms with Crippen LogP contribution in [0.15, 0.2) is 34.9 Å². The summed E-state index contributed by atoms with van der Waals surface area (Å²) in [5.74, 6) is -3.15. The molecule has 0 radical (unpaired) electrons. The molecule has 0 saturated carbocycles. The van der Waals surface area contributed by atoms with Crippen molar-refractivity contribution in [3.8, 4) is 0 Å². The van der Waals surface area contributed by atoms with Gasteiger partial charge < -0.3 is 14.6 Å². The van der Waals surface area contributed by atoms with Crippen LogP contribution in [0.2, 0.25) is 0 Å². The number of nitrogens with one attached hydrogen (secondary N) is 2. The van der Waals surface area contributed by atoms with Crippen molar-refractivity contribution in [2.24, 2.45) is 5.92 Å². The van der Waals surface area contributed by atoms with Crippen molar-refractivity contribution in [2.75, 3.05) is 18.5 Å². The number of amides is 3. The second-order valence-corrected chi connectivity index (χ2v) is 6.60. The van der Waals surface area contributed by atoms with E-state index in [0.717, 1.165) is 11.1 Å². The number of aryl methyl sites for hydroxylation is 1. The first kappa shape index (κ1) is 21.4. The van der Waals surface area contributed by atoms with Crippen molar-refractivity contribution in [1.29, 1.82) is 0 Å². The molecule has 31 heavy (non-hydrogen) atoms. The van der Waals surface area contributed by atoms with E-state index in [1.54, 1.807) is 6.92 Å². The summed E-state index contributed by atoms with van der Waals surface area (Å²) in [6.45, 7) is 0.840. The number of carbonyl (C=O) groups is 4. The van der Waals surface area contributed by atoms with E-state index in [1.807, 2.05) is 0 Å². The Morgan fingerprint density at radius 2 is 2.10 bits per heavy atom. The van der Waals surface area contributed by atoms with Gasteiger partial charge in [-0.2, -0.15) is 0 Å². The Morgan fingerprint density at radius 3 is 2.77 bits per heavy atom. The van der Waals surface area contributed by atoms with E-state index in [4.69, 9.17) is 9.26 Å². The summed E-state index contributed by atoms with van der Waals surface area (Å²) in [4.78, 5) is 58.8. The van der Waals surface area contributed by atoms with Crippen LogP contribution in [0.25, 0.3) is 0 Å². The molecule has 13 heteroatoms. The van der Waals surface area contributed by atoms with Gasteiger partial charge >= 0.3 is 5.97 Å². The molecule has 1 aliphatic rings. The summed E-state index contributed by atoms with van der Waals surface area (Å²) in [7, 11) is 0. The number of nitrogens with zero attached hydrogens (tertiary/aromatic N) is 3. The molecule has 3 amide bonds. The second-order valence-electron chi connectivity index (χ2n) is 6.60. The molecule has 3 rings (SSSR count). The highest BCUT2D eigenvalue weighted by Gasteiger charge is 2.37. The normalized spacial score (nSPS) is 15.5. The van der Waals surface area contributed by atoms with Crippen molar-refractivity contribution < 1.29 is 33.4 Å². The van der Waals surface area contributed by atoms with Gasteiger partial charge in [0.25, 0.3) is 17.5 Å². The first-order valence-corrected chi connectivity index (χ1v) is 8.99. The second kappa shape index (κ2) is 9.02. The standard InChI is InChI=1S/C18H17N5O8/c1-10-6-14(21-31-10)19-15(24)9-30-18(27)11-7-16(25)22(8-11)20-17(26)12-4-2-3-5-13(12)23(28)29/h2-6,11H,7-9H2,1H3,(H,20,26)(H,19,21,24)/t11-/m0/s1. The van der Waals surface area contributed by atoms with Crippen molar-refractivity contribution in [3.63, 3.8) is 0 Å². The number of para-hydroxylation sites is 1. The third kappa shape index (κ3) is 5.20. The SMILES string of the molecule is Cc1cc(NC(=O)COC(=O)[C@H]2CC(=O)N(NC(=O)c3ccccc3[N+](=O)[O-])C2)no1. The Bertz CT molecular complexity index is 1050. The van der Waals surface area contributed by atoms with Gasteiger partial charge in [-0.05, 0) is 13.0 Å². The fourth-order valence-electron chi connectivity index (χ4n) is 2.84. The van der Waals surface area contributed by atoms with Crippen LogP contribution >= 0.6 is 0 Å². The monoisotopic (exact) mass is 431 g/mol. The van der Waals surface area contributed by atoms with Crippen LogP contribution in [0.4, 0.5) is 11.5 Å². The van der Waals surface area contributed by atoms with Crippen LogP contribution < -0.4 is 10.7 Å². The number of rotatable bonds is 7. The smallest absolute Gasteiger partial charge is 0.311 e. The number of carbonyl (C=O) groups excluding carboxylic acids is 4. The molecule has 0 unspecified atom stereocenters. The van der Waals surface area contributed by atoms with Crippen LogP contribution in [-0.2, 0) is 19.1 Å². The number of ether oxygens (including phenoxy) is 1. The maximum Gasteiger partial charge on any atom is 0.311 e. The van der Waals surface area contributed by atoms with Crippen LogP contribution in [0, 0.1) is 23.0 Å². The third-order valence-electron chi connectivity index (χ3n) is 4.28. The van der Waals surface area contributed by atoms with Gasteiger partial charge in [-0.25, -0.2) is 0 Å². The Balaban J connectivity index is 1.52. The number of nitro groups is 1. The summed E-state index contributed by atoms with van der Waals surface area (Å²) in [6.07, 6.45) is -0.250. The molecule has 1 fully saturated rings. The third-order valence-corrected chi connectivity index (χ3v) is 4.28. The molecule has 1 aliphatic heterocycles. The van der Waals surface area contributed by atoms with Gasteiger partial charge in [0.05, 0.1) is 17.4 Å². The van der Waals surface area contributed by atoms with E-state index in [0.29, 0.717) is 5.76 Å². The van der Waals surface area contributed by atoms with Gasteiger partial charge in [-0.1, -0.05) is 17.3 Å². The predicted molar refractivity (Wildman–Crippen MR) is 101 cm³/mol. The molecule has 2 heterocycles. The molecule has 1 aromatic carbocycles. The zero-order valence-corrected chi connectivity index (χ0v) is 16.2. The molecule has 2 aromatic rings. The first-order chi connectivity index (χ1) is 14.7. The number of esters is 1. The van der Waals surface area contributed by atoms with E-state index >= 15 is 0 Å². The van der Waals surface area contributed by atoms with E-state index < -0.39 is 46.8 Å². The Kier molecular flexibility index (Phi) is 6.23. The van der Waals surface area contributed by atoms with Gasteiger partial charge in [0.15, 0.2) is 12.4 Å². The molecule has 13 nitrogen and oxygen atoms in total. The number of anilines is 1. The highest BCUT2D eigenvalue weighted by molar-refractivity contribution is 5.99. The van der Waals surface area contributed by atoms with Crippen molar-refractivity contribution in [2.45, 2.75) is 13.3 Å². The minimum absolute atomic E-state index is 0.165. The van der Waals surface area contributed by atoms with Crippen LogP contribution in [0.3, 0.4) is 0 Å². The predicted octanol–water partition coefficient (Wildman–Crippen LogP) is 0.566. The molecule has 0 aliphatic carbocycles. The lowest BCUT2D eigenvalue weighted by molar-refractivity contribution is -0.385. The van der Waals surface area contributed by atoms with Crippen LogP contribution in [0.5, 0.6) is 0 Å². The minimum atomic E-state index is -0.916. The Labute approximate surface area is 174 Å². The summed E-state index contributed by atoms with van der Waals surface area (Å²) >= 11 is 0. The molecule has 162 valence electrons. The average Bonchev–Trinajstić information content (AvgIpc) is 3.31. The number of aromatic nitrogens is 1. The van der Waals surface area contributed by atoms with Gasteiger partial charge in [-0.15, -0.1) is 0 Å². The van der Waals surface area contributed by atoms with E-state index in [9.17, 15) is 29.3 Å². The minimum Gasteiger partial charge on any atom is -0.455 e. The summed E-state index contributed by atoms with van der Waals surface area (Å²) < 4.78 is 9.71. The molecule has 2 N–H and O–H groups in total. The molecular weight excluding hydrogens is 414 g/mol. The maximum absolute atomic E-state index is 12.3. The maximum atomic E-state index is 12.3. The quantitative estimate of drug-likeness (QED) is 0.361. The zero-order valence-electron chi connectivity index (χ0n) is 16.2. The van der Waals surface area contributed by atoms with Crippen LogP contribution in [0.1, 0.15) is 22.5 Å². The molecular formula is C18H17N5O8. The topological polar surface area (TPSA) is 174 Å². The Morgan fingerprint density at radius 1 is 1.35 bits per heavy atom. The van der Waals surface area contributed by atoms with Crippen LogP contribution in [-0.4, -0.2) is 51.9 Å². The van der Waals surface area contributed by atoms with E-state index in [2.05, 4.69) is 15.9 Å². The lowest BCUT2D eigenvalue weighted by Crippen LogP contribution is -2.43. The fraction of sp³-hybridized carbons (Fsp3) is 0.278. The fourth-order valence-corrected chi connectivity index (χ4v) is 2.84. The lowest BCUT2D eigenvalue weighted by atomic mass is 10.1. The average molecular weight is 431 g/mol. The zero-order chi connectivity index (χ0) is 22.5. The molecule has 1 saturated heterocycles. The van der Waals surface area contributed by atoms with Gasteiger partial charge in [0, 0.05) is 18.6 Å². The number of hydrazine groups is 1. The number of hydrogen-bond donors (Lipinski definition) is 2. The van der Waals surface area contributed by atoms with E-state index in [1.165, 1.54) is 24.3 Å². The van der Waals surface area contributed by atoms with Gasteiger partial charge in [0.2, 0.25) is 5.91 Å². The molecule has 1 aromatic heterocycles. The number of hydrogen-bond acceptors (Lipinski definition) is 9. The van der Waals surface area contributed by atoms with Gasteiger partial charge in [0.1, 0.15) is 11.3 Å².